The van der Waals surface area contributed by atoms with E-state index in [1.807, 2.05) is 6.92 Å². The monoisotopic (exact) mass is 270 g/mol. The second-order valence-corrected chi connectivity index (χ2v) is 5.56. The molecule has 0 saturated heterocycles. The Bertz CT molecular complexity index is 439. The first-order chi connectivity index (χ1) is 8.19. The Labute approximate surface area is 112 Å². The van der Waals surface area contributed by atoms with Gasteiger partial charge in [0.1, 0.15) is 5.60 Å². The van der Waals surface area contributed by atoms with Gasteiger partial charge in [-0.2, -0.15) is 0 Å². The van der Waals surface area contributed by atoms with E-state index in [0.717, 1.165) is 5.56 Å². The fourth-order valence-corrected chi connectivity index (χ4v) is 1.75. The SMILES string of the molecule is CC(N)c1ccc(NC(=O)OC(C)(C)C)cc1Cl. The first kappa shape index (κ1) is 14.8. The molecule has 0 fully saturated rings. The maximum atomic E-state index is 11.6. The molecule has 1 aromatic rings. The Kier molecular flexibility index (Phi) is 4.59. The van der Waals surface area contributed by atoms with Gasteiger partial charge in [0.15, 0.2) is 0 Å². The average molecular weight is 271 g/mol. The highest BCUT2D eigenvalue weighted by Crippen LogP contribution is 2.25. The van der Waals surface area contributed by atoms with Crippen LogP contribution in [0.5, 0.6) is 0 Å². The predicted molar refractivity (Wildman–Crippen MR) is 73.9 cm³/mol. The number of carbonyl (C=O) groups excluding carboxylic acids is 1. The lowest BCUT2D eigenvalue weighted by Gasteiger charge is -2.20. The lowest BCUT2D eigenvalue weighted by molar-refractivity contribution is 0.0636. The Morgan fingerprint density at radius 3 is 2.50 bits per heavy atom. The summed E-state index contributed by atoms with van der Waals surface area (Å²) in [6.07, 6.45) is -0.507. The number of amides is 1. The summed E-state index contributed by atoms with van der Waals surface area (Å²) < 4.78 is 5.14. The summed E-state index contributed by atoms with van der Waals surface area (Å²) >= 11 is 6.07. The normalized spacial score (nSPS) is 13.0. The minimum Gasteiger partial charge on any atom is -0.444 e. The molecule has 0 bridgehead atoms. The minimum absolute atomic E-state index is 0.145. The zero-order valence-corrected chi connectivity index (χ0v) is 11.8. The number of nitrogens with two attached hydrogens (primary N) is 1. The summed E-state index contributed by atoms with van der Waals surface area (Å²) in [6, 6.07) is 5.05. The van der Waals surface area contributed by atoms with E-state index in [1.54, 1.807) is 39.0 Å². The predicted octanol–water partition coefficient (Wildman–Crippen LogP) is 3.71. The molecule has 1 atom stereocenters. The molecule has 0 spiro atoms. The second kappa shape index (κ2) is 5.59. The van der Waals surface area contributed by atoms with Crippen LogP contribution in [0.2, 0.25) is 5.02 Å². The highest BCUT2D eigenvalue weighted by atomic mass is 35.5. The van der Waals surface area contributed by atoms with Crippen LogP contribution >= 0.6 is 11.6 Å². The summed E-state index contributed by atoms with van der Waals surface area (Å²) in [5, 5.41) is 3.15. The highest BCUT2D eigenvalue weighted by Gasteiger charge is 2.16. The van der Waals surface area contributed by atoms with Gasteiger partial charge in [-0.1, -0.05) is 17.7 Å². The van der Waals surface area contributed by atoms with Crippen LogP contribution in [0.15, 0.2) is 18.2 Å². The molecule has 0 radical (unpaired) electrons. The van der Waals surface area contributed by atoms with Crippen molar-refractivity contribution in [2.75, 3.05) is 5.32 Å². The Hall–Kier alpha value is -1.26. The van der Waals surface area contributed by atoms with Gasteiger partial charge in [0, 0.05) is 16.8 Å². The van der Waals surface area contributed by atoms with Crippen LogP contribution in [-0.4, -0.2) is 11.7 Å². The summed E-state index contributed by atoms with van der Waals surface area (Å²) in [5.74, 6) is 0. The van der Waals surface area contributed by atoms with E-state index in [4.69, 9.17) is 22.1 Å². The fourth-order valence-electron chi connectivity index (χ4n) is 1.40. The molecule has 5 heteroatoms. The summed E-state index contributed by atoms with van der Waals surface area (Å²) in [6.45, 7) is 7.26. The van der Waals surface area contributed by atoms with Crippen molar-refractivity contribution in [1.29, 1.82) is 0 Å². The van der Waals surface area contributed by atoms with Gasteiger partial charge >= 0.3 is 6.09 Å². The van der Waals surface area contributed by atoms with Gasteiger partial charge in [0.2, 0.25) is 0 Å². The van der Waals surface area contributed by atoms with Crippen LogP contribution in [0.1, 0.15) is 39.3 Å². The van der Waals surface area contributed by atoms with Crippen LogP contribution in [0.3, 0.4) is 0 Å². The molecule has 0 heterocycles. The van der Waals surface area contributed by atoms with Gasteiger partial charge < -0.3 is 10.5 Å². The standard InChI is InChI=1S/C13H19ClN2O2/c1-8(15)10-6-5-9(7-11(10)14)16-12(17)18-13(2,3)4/h5-8H,15H2,1-4H3,(H,16,17). The second-order valence-electron chi connectivity index (χ2n) is 5.15. The number of benzene rings is 1. The Morgan fingerprint density at radius 1 is 1.44 bits per heavy atom. The number of carbonyl (C=O) groups is 1. The third kappa shape index (κ3) is 4.55. The molecule has 0 aliphatic rings. The maximum absolute atomic E-state index is 11.6. The molecular weight excluding hydrogens is 252 g/mol. The minimum atomic E-state index is -0.528. The van der Waals surface area contributed by atoms with Crippen molar-refractivity contribution in [3.8, 4) is 0 Å². The van der Waals surface area contributed by atoms with Crippen molar-refractivity contribution < 1.29 is 9.53 Å². The first-order valence-corrected chi connectivity index (χ1v) is 6.12. The van der Waals surface area contributed by atoms with Crippen molar-refractivity contribution in [2.24, 2.45) is 5.73 Å². The first-order valence-electron chi connectivity index (χ1n) is 5.74. The summed E-state index contributed by atoms with van der Waals surface area (Å²) in [4.78, 5) is 11.6. The molecule has 0 aliphatic carbocycles. The number of hydrogen-bond acceptors (Lipinski definition) is 3. The summed E-state index contributed by atoms with van der Waals surface area (Å²) in [7, 11) is 0. The van der Waals surface area contributed by atoms with E-state index in [1.165, 1.54) is 0 Å². The number of rotatable bonds is 2. The van der Waals surface area contributed by atoms with E-state index in [2.05, 4.69) is 5.32 Å². The molecule has 4 nitrogen and oxygen atoms in total. The fraction of sp³-hybridized carbons (Fsp3) is 0.462. The largest absolute Gasteiger partial charge is 0.444 e. The third-order valence-electron chi connectivity index (χ3n) is 2.14. The molecular formula is C13H19ClN2O2. The van der Waals surface area contributed by atoms with Crippen LogP contribution in [0.25, 0.3) is 0 Å². The van der Waals surface area contributed by atoms with Gasteiger partial charge in [0.25, 0.3) is 0 Å². The molecule has 3 N–H and O–H groups in total. The zero-order valence-electron chi connectivity index (χ0n) is 11.1. The molecule has 1 amide bonds. The van der Waals surface area contributed by atoms with E-state index < -0.39 is 11.7 Å². The highest BCUT2D eigenvalue weighted by molar-refractivity contribution is 6.31. The molecule has 0 saturated carbocycles. The van der Waals surface area contributed by atoms with E-state index in [-0.39, 0.29) is 6.04 Å². The number of hydrogen-bond donors (Lipinski definition) is 2. The van der Waals surface area contributed by atoms with Crippen molar-refractivity contribution >= 4 is 23.4 Å². The molecule has 100 valence electrons. The number of ether oxygens (including phenoxy) is 1. The maximum Gasteiger partial charge on any atom is 0.412 e. The Morgan fingerprint density at radius 2 is 2.06 bits per heavy atom. The van der Waals surface area contributed by atoms with E-state index in [9.17, 15) is 4.79 Å². The quantitative estimate of drug-likeness (QED) is 0.861. The van der Waals surface area contributed by atoms with Gasteiger partial charge in [-0.25, -0.2) is 4.79 Å². The van der Waals surface area contributed by atoms with Crippen LogP contribution < -0.4 is 11.1 Å². The van der Waals surface area contributed by atoms with Gasteiger partial charge in [-0.05, 0) is 45.4 Å². The van der Waals surface area contributed by atoms with Crippen molar-refractivity contribution in [2.45, 2.75) is 39.3 Å². The van der Waals surface area contributed by atoms with Gasteiger partial charge in [-0.15, -0.1) is 0 Å². The van der Waals surface area contributed by atoms with Gasteiger partial charge in [0.05, 0.1) is 0 Å². The van der Waals surface area contributed by atoms with Gasteiger partial charge in [-0.3, -0.25) is 5.32 Å². The smallest absolute Gasteiger partial charge is 0.412 e. The number of anilines is 1. The molecule has 0 aliphatic heterocycles. The zero-order chi connectivity index (χ0) is 13.9. The number of nitrogens with one attached hydrogen (secondary N) is 1. The molecule has 0 aromatic heterocycles. The third-order valence-corrected chi connectivity index (χ3v) is 2.46. The van der Waals surface area contributed by atoms with E-state index >= 15 is 0 Å². The lowest BCUT2D eigenvalue weighted by Crippen LogP contribution is -2.27. The van der Waals surface area contributed by atoms with Crippen molar-refractivity contribution in [3.05, 3.63) is 28.8 Å². The molecule has 1 unspecified atom stereocenters. The lowest BCUT2D eigenvalue weighted by atomic mass is 10.1. The van der Waals surface area contributed by atoms with E-state index in [0.29, 0.717) is 10.7 Å². The Balaban J connectivity index is 2.75. The van der Waals surface area contributed by atoms with Crippen LogP contribution in [0.4, 0.5) is 10.5 Å². The molecule has 1 rings (SSSR count). The number of halogens is 1. The average Bonchev–Trinajstić information content (AvgIpc) is 2.13. The van der Waals surface area contributed by atoms with Crippen LogP contribution in [-0.2, 0) is 4.74 Å². The molecule has 1 aromatic carbocycles. The molecule has 18 heavy (non-hydrogen) atoms. The van der Waals surface area contributed by atoms with Crippen molar-refractivity contribution in [3.63, 3.8) is 0 Å². The summed E-state index contributed by atoms with van der Waals surface area (Å²) in [5.41, 5.74) is 6.65. The van der Waals surface area contributed by atoms with Crippen molar-refractivity contribution in [1.82, 2.24) is 0 Å². The van der Waals surface area contributed by atoms with Crippen LogP contribution in [0, 0.1) is 0 Å². The topological polar surface area (TPSA) is 64.3 Å².